The molecule has 0 saturated carbocycles. The molecule has 0 atom stereocenters. The molecule has 1 aromatic heterocycles. The van der Waals surface area contributed by atoms with E-state index in [9.17, 15) is 0 Å². The maximum atomic E-state index is 5.57. The molecule has 0 aliphatic heterocycles. The molecule has 0 saturated heterocycles. The van der Waals surface area contributed by atoms with Gasteiger partial charge in [0, 0.05) is 24.1 Å². The van der Waals surface area contributed by atoms with Crippen molar-refractivity contribution in [3.63, 3.8) is 0 Å². The van der Waals surface area contributed by atoms with E-state index in [1.54, 1.807) is 7.11 Å². The highest BCUT2D eigenvalue weighted by Crippen LogP contribution is 2.29. The van der Waals surface area contributed by atoms with Gasteiger partial charge in [0.05, 0.1) is 7.11 Å². The number of benzene rings is 2. The molecule has 0 fully saturated rings. The first-order chi connectivity index (χ1) is 13.3. The van der Waals surface area contributed by atoms with Gasteiger partial charge in [0.15, 0.2) is 12.4 Å². The monoisotopic (exact) mass is 361 g/mol. The normalized spacial score (nSPS) is 11.3. The summed E-state index contributed by atoms with van der Waals surface area (Å²) in [4.78, 5) is 0. The quantitative estimate of drug-likeness (QED) is 0.438. The Bertz CT molecular complexity index is 885. The summed E-state index contributed by atoms with van der Waals surface area (Å²) in [6, 6.07) is 16.9. The number of fused-ring (bicyclic) bond motifs is 1. The van der Waals surface area contributed by atoms with Crippen LogP contribution in [0.3, 0.4) is 0 Å². The molecule has 3 heteroatoms. The Kier molecular flexibility index (Phi) is 7.00. The average Bonchev–Trinajstić information content (AvgIpc) is 2.72. The van der Waals surface area contributed by atoms with Crippen molar-refractivity contribution >= 4 is 22.9 Å². The van der Waals surface area contributed by atoms with Crippen LogP contribution in [0.25, 0.3) is 22.9 Å². The minimum atomic E-state index is 0.801. The minimum Gasteiger partial charge on any atom is -0.496 e. The molecule has 3 aromatic rings. The van der Waals surface area contributed by atoms with E-state index in [1.165, 1.54) is 35.6 Å². The first kappa shape index (κ1) is 19.1. The molecule has 140 valence electrons. The summed E-state index contributed by atoms with van der Waals surface area (Å²) in [6.07, 6.45) is 13.4. The molecule has 1 heterocycles. The molecular weight excluding hydrogens is 332 g/mol. The standard InChI is InChI=1S/C24H29N2O/c1-27-24-13-11-21-8-4-5-9-22(21)23(24)12-10-20-14-18-26(19-15-20)17-7-3-2-6-16-25/h4-5,8-15,18-19H,2-3,6-7,16-17,25H2,1H3/q+1/b12-10+. The van der Waals surface area contributed by atoms with Crippen LogP contribution in [0.2, 0.25) is 0 Å². The fraction of sp³-hybridized carbons (Fsp3) is 0.292. The van der Waals surface area contributed by atoms with E-state index in [2.05, 4.69) is 71.6 Å². The van der Waals surface area contributed by atoms with E-state index >= 15 is 0 Å². The second-order valence-corrected chi connectivity index (χ2v) is 6.81. The number of nitrogens with zero attached hydrogens (tertiary/aromatic N) is 1. The summed E-state index contributed by atoms with van der Waals surface area (Å²) < 4.78 is 7.82. The topological polar surface area (TPSA) is 39.1 Å². The fourth-order valence-electron chi connectivity index (χ4n) is 3.33. The minimum absolute atomic E-state index is 0.801. The van der Waals surface area contributed by atoms with Crippen LogP contribution < -0.4 is 15.0 Å². The fourth-order valence-corrected chi connectivity index (χ4v) is 3.33. The van der Waals surface area contributed by atoms with E-state index in [0.29, 0.717) is 0 Å². The first-order valence-electron chi connectivity index (χ1n) is 9.75. The largest absolute Gasteiger partial charge is 0.496 e. The zero-order chi connectivity index (χ0) is 18.9. The molecule has 2 N–H and O–H groups in total. The highest BCUT2D eigenvalue weighted by molar-refractivity contribution is 5.95. The molecule has 0 unspecified atom stereocenters. The molecular formula is C24H29N2O+. The van der Waals surface area contributed by atoms with Gasteiger partial charge in [-0.25, -0.2) is 4.57 Å². The van der Waals surface area contributed by atoms with Crippen molar-refractivity contribution in [3.8, 4) is 5.75 Å². The van der Waals surface area contributed by atoms with Crippen LogP contribution in [-0.4, -0.2) is 13.7 Å². The summed E-state index contributed by atoms with van der Waals surface area (Å²) in [5.74, 6) is 0.897. The number of aromatic nitrogens is 1. The highest BCUT2D eigenvalue weighted by atomic mass is 16.5. The number of hydrogen-bond donors (Lipinski definition) is 1. The molecule has 0 aliphatic carbocycles. The Labute approximate surface area is 162 Å². The summed E-state index contributed by atoms with van der Waals surface area (Å²) in [7, 11) is 1.72. The third kappa shape index (κ3) is 5.18. The Balaban J connectivity index is 1.70. The lowest BCUT2D eigenvalue weighted by Crippen LogP contribution is -2.32. The summed E-state index contributed by atoms with van der Waals surface area (Å²) >= 11 is 0. The number of nitrogens with two attached hydrogens (primary N) is 1. The molecule has 2 aromatic carbocycles. The number of hydrogen-bond acceptors (Lipinski definition) is 2. The van der Waals surface area contributed by atoms with Crippen molar-refractivity contribution in [2.75, 3.05) is 13.7 Å². The van der Waals surface area contributed by atoms with Gasteiger partial charge in [-0.1, -0.05) is 48.9 Å². The Morgan fingerprint density at radius 2 is 1.67 bits per heavy atom. The lowest BCUT2D eigenvalue weighted by Gasteiger charge is -2.08. The number of rotatable bonds is 9. The second kappa shape index (κ2) is 9.89. The van der Waals surface area contributed by atoms with E-state index in [1.807, 2.05) is 6.07 Å². The van der Waals surface area contributed by atoms with Crippen molar-refractivity contribution in [3.05, 3.63) is 72.1 Å². The Morgan fingerprint density at radius 3 is 2.44 bits per heavy atom. The summed E-state index contributed by atoms with van der Waals surface area (Å²) in [5.41, 5.74) is 7.84. The zero-order valence-electron chi connectivity index (χ0n) is 16.1. The van der Waals surface area contributed by atoms with Gasteiger partial charge < -0.3 is 10.5 Å². The van der Waals surface area contributed by atoms with Crippen LogP contribution in [0.4, 0.5) is 0 Å². The molecule has 0 amide bonds. The van der Waals surface area contributed by atoms with Crippen LogP contribution in [0.1, 0.15) is 36.8 Å². The third-order valence-electron chi connectivity index (χ3n) is 4.88. The van der Waals surface area contributed by atoms with E-state index < -0.39 is 0 Å². The van der Waals surface area contributed by atoms with Crippen LogP contribution in [0, 0.1) is 0 Å². The van der Waals surface area contributed by atoms with Crippen molar-refractivity contribution < 1.29 is 9.30 Å². The third-order valence-corrected chi connectivity index (χ3v) is 4.88. The van der Waals surface area contributed by atoms with Gasteiger partial charge >= 0.3 is 0 Å². The maximum Gasteiger partial charge on any atom is 0.169 e. The smallest absolute Gasteiger partial charge is 0.169 e. The van der Waals surface area contributed by atoms with E-state index in [4.69, 9.17) is 10.5 Å². The highest BCUT2D eigenvalue weighted by Gasteiger charge is 2.05. The number of pyridine rings is 1. The lowest BCUT2D eigenvalue weighted by atomic mass is 10.0. The number of ether oxygens (including phenoxy) is 1. The van der Waals surface area contributed by atoms with E-state index in [0.717, 1.165) is 30.8 Å². The number of methoxy groups -OCH3 is 1. The molecule has 3 rings (SSSR count). The van der Waals surface area contributed by atoms with Gasteiger partial charge in [0.2, 0.25) is 0 Å². The van der Waals surface area contributed by atoms with Crippen molar-refractivity contribution in [2.45, 2.75) is 32.2 Å². The molecule has 3 nitrogen and oxygen atoms in total. The van der Waals surface area contributed by atoms with Crippen LogP contribution >= 0.6 is 0 Å². The maximum absolute atomic E-state index is 5.57. The van der Waals surface area contributed by atoms with Gasteiger partial charge in [-0.3, -0.25) is 0 Å². The van der Waals surface area contributed by atoms with Gasteiger partial charge in [-0.05, 0) is 41.8 Å². The molecule has 0 aliphatic rings. The van der Waals surface area contributed by atoms with Crippen molar-refractivity contribution in [2.24, 2.45) is 5.73 Å². The van der Waals surface area contributed by atoms with Crippen molar-refractivity contribution in [1.29, 1.82) is 0 Å². The number of aryl methyl sites for hydroxylation is 1. The van der Waals surface area contributed by atoms with Crippen LogP contribution in [0.5, 0.6) is 5.75 Å². The molecule has 0 spiro atoms. The Morgan fingerprint density at radius 1 is 0.889 bits per heavy atom. The van der Waals surface area contributed by atoms with Crippen molar-refractivity contribution in [1.82, 2.24) is 0 Å². The van der Waals surface area contributed by atoms with Gasteiger partial charge in [0.1, 0.15) is 12.3 Å². The SMILES string of the molecule is COc1ccc2ccccc2c1/C=C/c1cc[n+](CCCCCCN)cc1. The first-order valence-corrected chi connectivity index (χ1v) is 9.75. The summed E-state index contributed by atoms with van der Waals surface area (Å²) in [5, 5.41) is 2.43. The predicted octanol–water partition coefficient (Wildman–Crippen LogP) is 4.83. The Hall–Kier alpha value is -2.65. The van der Waals surface area contributed by atoms with Gasteiger partial charge in [-0.2, -0.15) is 0 Å². The average molecular weight is 362 g/mol. The molecule has 27 heavy (non-hydrogen) atoms. The number of unbranched alkanes of at least 4 members (excludes halogenated alkanes) is 3. The van der Waals surface area contributed by atoms with Gasteiger partial charge in [0.25, 0.3) is 0 Å². The summed E-state index contributed by atoms with van der Waals surface area (Å²) in [6.45, 7) is 1.86. The van der Waals surface area contributed by atoms with Crippen LogP contribution in [0.15, 0.2) is 60.9 Å². The van der Waals surface area contributed by atoms with Crippen LogP contribution in [-0.2, 0) is 6.54 Å². The molecule has 0 bridgehead atoms. The van der Waals surface area contributed by atoms with E-state index in [-0.39, 0.29) is 0 Å². The van der Waals surface area contributed by atoms with Gasteiger partial charge in [-0.15, -0.1) is 0 Å². The lowest BCUT2D eigenvalue weighted by molar-refractivity contribution is -0.697. The second-order valence-electron chi connectivity index (χ2n) is 6.81. The zero-order valence-corrected chi connectivity index (χ0v) is 16.1. The predicted molar refractivity (Wildman–Crippen MR) is 114 cm³/mol. The molecule has 0 radical (unpaired) electrons.